The molecule has 1 fully saturated rings. The smallest absolute Gasteiger partial charge is 0.264 e. The van der Waals surface area contributed by atoms with E-state index in [1.807, 2.05) is 17.0 Å². The van der Waals surface area contributed by atoms with Gasteiger partial charge in [0.2, 0.25) is 5.91 Å². The summed E-state index contributed by atoms with van der Waals surface area (Å²) < 4.78 is 30.8. The summed E-state index contributed by atoms with van der Waals surface area (Å²) in [7, 11) is -3.89. The number of hydrogen-bond acceptors (Lipinski definition) is 4. The number of amides is 1. The van der Waals surface area contributed by atoms with Crippen LogP contribution in [0.15, 0.2) is 48.5 Å². The average molecular weight is 527 g/mol. The van der Waals surface area contributed by atoms with Gasteiger partial charge in [0, 0.05) is 38.3 Å². The Kier molecular flexibility index (Phi) is 11.7. The summed E-state index contributed by atoms with van der Waals surface area (Å²) in [5, 5.41) is 0. The van der Waals surface area contributed by atoms with Gasteiger partial charge >= 0.3 is 0 Å². The molecule has 2 aromatic rings. The highest BCUT2D eigenvalue weighted by atomic mass is 32.2. The van der Waals surface area contributed by atoms with Crippen molar-refractivity contribution >= 4 is 33.9 Å². The van der Waals surface area contributed by atoms with E-state index in [2.05, 4.69) is 60.4 Å². The number of benzene rings is 2. The normalized spacial score (nSPS) is 14.4. The quantitative estimate of drug-likeness (QED) is 0.183. The molecule has 0 radical (unpaired) electrons. The number of piperazine rings is 1. The Balaban J connectivity index is 1.47. The van der Waals surface area contributed by atoms with Gasteiger partial charge in [0.05, 0.1) is 5.75 Å². The van der Waals surface area contributed by atoms with Crippen LogP contribution in [0.1, 0.15) is 75.0 Å². The number of aryl methyl sites for hydroxylation is 1. The summed E-state index contributed by atoms with van der Waals surface area (Å²) in [5.41, 5.74) is 4.58. The molecule has 202 valence electrons. The summed E-state index contributed by atoms with van der Waals surface area (Å²) in [6.45, 7) is 5.51. The van der Waals surface area contributed by atoms with Crippen LogP contribution in [0.25, 0.3) is 12.2 Å². The molecule has 0 spiro atoms. The number of carbonyl (C=O) groups excluding carboxylic acids is 1. The van der Waals surface area contributed by atoms with Crippen molar-refractivity contribution in [1.82, 2.24) is 4.90 Å². The molecule has 0 atom stereocenters. The molecular weight excluding hydrogens is 484 g/mol. The maximum absolute atomic E-state index is 12.5. The van der Waals surface area contributed by atoms with Crippen LogP contribution in [-0.2, 0) is 21.3 Å². The molecule has 0 aliphatic carbocycles. The molecule has 7 heteroatoms. The zero-order chi connectivity index (χ0) is 26.5. The molecule has 1 amide bonds. The molecular formula is C30H42N2O4S. The minimum Gasteiger partial charge on any atom is -0.368 e. The zero-order valence-electron chi connectivity index (χ0n) is 22.1. The Labute approximate surface area is 223 Å². The largest absolute Gasteiger partial charge is 0.368 e. The summed E-state index contributed by atoms with van der Waals surface area (Å²) in [5.74, 6) is 0.109. The topological polar surface area (TPSA) is 77.9 Å². The van der Waals surface area contributed by atoms with Crippen molar-refractivity contribution in [3.8, 4) is 0 Å². The predicted molar refractivity (Wildman–Crippen MR) is 153 cm³/mol. The number of unbranched alkanes of at least 4 members (excludes halogenated alkanes) is 5. The SMILES string of the molecule is CCCCCCCC(=O)N1CCN(c2ccc(/C=C/c3ccccc3CCCCS(=O)(=O)O)cc2)CC1. The highest BCUT2D eigenvalue weighted by Gasteiger charge is 2.20. The first-order chi connectivity index (χ1) is 17.9. The number of rotatable bonds is 14. The third-order valence-corrected chi connectivity index (χ3v) is 7.80. The fourth-order valence-electron chi connectivity index (χ4n) is 4.76. The molecule has 3 rings (SSSR count). The van der Waals surface area contributed by atoms with E-state index in [1.54, 1.807) is 0 Å². The lowest BCUT2D eigenvalue weighted by atomic mass is 10.0. The van der Waals surface area contributed by atoms with Crippen molar-refractivity contribution in [2.24, 2.45) is 0 Å². The van der Waals surface area contributed by atoms with Crippen LogP contribution in [0.4, 0.5) is 5.69 Å². The lowest BCUT2D eigenvalue weighted by Crippen LogP contribution is -2.48. The molecule has 1 saturated heterocycles. The third-order valence-electron chi connectivity index (χ3n) is 6.99. The van der Waals surface area contributed by atoms with Gasteiger partial charge in [0.1, 0.15) is 0 Å². The maximum atomic E-state index is 12.5. The number of carbonyl (C=O) groups is 1. The summed E-state index contributed by atoms with van der Waals surface area (Å²) in [6.07, 6.45) is 12.7. The van der Waals surface area contributed by atoms with Gasteiger partial charge in [-0.15, -0.1) is 0 Å². The van der Waals surface area contributed by atoms with Crippen molar-refractivity contribution in [3.63, 3.8) is 0 Å². The molecule has 1 N–H and O–H groups in total. The van der Waals surface area contributed by atoms with Gasteiger partial charge in [-0.1, -0.05) is 81.2 Å². The molecule has 0 saturated carbocycles. The molecule has 0 unspecified atom stereocenters. The lowest BCUT2D eigenvalue weighted by Gasteiger charge is -2.36. The summed E-state index contributed by atoms with van der Waals surface area (Å²) in [4.78, 5) is 16.9. The highest BCUT2D eigenvalue weighted by molar-refractivity contribution is 7.85. The minimum atomic E-state index is -3.89. The van der Waals surface area contributed by atoms with Crippen molar-refractivity contribution < 1.29 is 17.8 Å². The number of anilines is 1. The Bertz CT molecular complexity index is 1100. The third kappa shape index (κ3) is 10.3. The van der Waals surface area contributed by atoms with Crippen molar-refractivity contribution in [1.29, 1.82) is 0 Å². The molecule has 0 aromatic heterocycles. The first-order valence-electron chi connectivity index (χ1n) is 13.7. The molecule has 37 heavy (non-hydrogen) atoms. The molecule has 1 heterocycles. The monoisotopic (exact) mass is 526 g/mol. The van der Waals surface area contributed by atoms with E-state index in [0.29, 0.717) is 25.2 Å². The second-order valence-electron chi connectivity index (χ2n) is 9.90. The summed E-state index contributed by atoms with van der Waals surface area (Å²) >= 11 is 0. The second kappa shape index (κ2) is 14.9. The van der Waals surface area contributed by atoms with Crippen LogP contribution in [0.5, 0.6) is 0 Å². The number of hydrogen-bond donors (Lipinski definition) is 1. The van der Waals surface area contributed by atoms with E-state index in [4.69, 9.17) is 4.55 Å². The minimum absolute atomic E-state index is 0.193. The first-order valence-corrected chi connectivity index (χ1v) is 15.3. The van der Waals surface area contributed by atoms with Crippen LogP contribution in [-0.4, -0.2) is 55.7 Å². The fraction of sp³-hybridized carbons (Fsp3) is 0.500. The Morgan fingerprint density at radius 1 is 0.865 bits per heavy atom. The van der Waals surface area contributed by atoms with E-state index in [1.165, 1.54) is 30.5 Å². The van der Waals surface area contributed by atoms with E-state index < -0.39 is 10.1 Å². The van der Waals surface area contributed by atoms with Crippen LogP contribution >= 0.6 is 0 Å². The molecule has 6 nitrogen and oxygen atoms in total. The van der Waals surface area contributed by atoms with Crippen molar-refractivity contribution in [2.75, 3.05) is 36.8 Å². The van der Waals surface area contributed by atoms with E-state index in [9.17, 15) is 13.2 Å². The summed E-state index contributed by atoms with van der Waals surface area (Å²) in [6, 6.07) is 16.6. The van der Waals surface area contributed by atoms with Gasteiger partial charge in [-0.05, 0) is 54.5 Å². The fourth-order valence-corrected chi connectivity index (χ4v) is 5.33. The molecule has 1 aliphatic rings. The van der Waals surface area contributed by atoms with E-state index in [0.717, 1.165) is 56.6 Å². The first kappa shape index (κ1) is 28.9. The van der Waals surface area contributed by atoms with Gasteiger partial charge in [-0.25, -0.2) is 0 Å². The Morgan fingerprint density at radius 3 is 2.27 bits per heavy atom. The standard InChI is InChI=1S/C30H42N2O4S/c1-2-3-4-5-6-14-30(33)32-23-21-31(22-24-32)29-19-16-26(17-20-29)15-18-28-12-8-7-11-27(28)13-9-10-25-37(34,35)36/h7-8,11-12,15-20H,2-6,9-10,13-14,21-25H2,1H3,(H,34,35,36)/b18-15+. The predicted octanol–water partition coefficient (Wildman–Crippen LogP) is 6.08. The van der Waals surface area contributed by atoms with Gasteiger partial charge in [-0.2, -0.15) is 8.42 Å². The van der Waals surface area contributed by atoms with Crippen LogP contribution in [0.3, 0.4) is 0 Å². The van der Waals surface area contributed by atoms with Crippen LogP contribution < -0.4 is 4.90 Å². The van der Waals surface area contributed by atoms with E-state index in [-0.39, 0.29) is 5.75 Å². The van der Waals surface area contributed by atoms with Gasteiger partial charge in [0.15, 0.2) is 0 Å². The number of nitrogens with zero attached hydrogens (tertiary/aromatic N) is 2. The Morgan fingerprint density at radius 2 is 1.57 bits per heavy atom. The second-order valence-corrected chi connectivity index (χ2v) is 11.5. The molecule has 0 bridgehead atoms. The average Bonchev–Trinajstić information content (AvgIpc) is 2.90. The van der Waals surface area contributed by atoms with E-state index >= 15 is 0 Å². The molecule has 1 aliphatic heterocycles. The van der Waals surface area contributed by atoms with Gasteiger partial charge in [0.25, 0.3) is 10.1 Å². The maximum Gasteiger partial charge on any atom is 0.264 e. The van der Waals surface area contributed by atoms with Crippen molar-refractivity contribution in [3.05, 3.63) is 65.2 Å². The zero-order valence-corrected chi connectivity index (χ0v) is 23.0. The highest BCUT2D eigenvalue weighted by Crippen LogP contribution is 2.21. The lowest BCUT2D eigenvalue weighted by molar-refractivity contribution is -0.131. The van der Waals surface area contributed by atoms with Crippen LogP contribution in [0, 0.1) is 0 Å². The van der Waals surface area contributed by atoms with Crippen molar-refractivity contribution in [2.45, 2.75) is 64.7 Å². The molecule has 2 aromatic carbocycles. The Hall–Kier alpha value is -2.64. The van der Waals surface area contributed by atoms with Gasteiger partial charge in [-0.3, -0.25) is 9.35 Å². The van der Waals surface area contributed by atoms with Crippen LogP contribution in [0.2, 0.25) is 0 Å². The van der Waals surface area contributed by atoms with Gasteiger partial charge < -0.3 is 9.80 Å².